The van der Waals surface area contributed by atoms with Crippen molar-refractivity contribution in [3.05, 3.63) is 33.8 Å². The lowest BCUT2D eigenvalue weighted by atomic mass is 9.96. The van der Waals surface area contributed by atoms with Crippen LogP contribution in [-0.2, 0) is 20.7 Å². The SMILES string of the molecule is CCOC(=O)C1CC(Cc2ccc(Cl)c(Cl)c2)C(=O)N1. The number of carbonyl (C=O) groups excluding carboxylic acids is 2. The van der Waals surface area contributed by atoms with Gasteiger partial charge in [-0.1, -0.05) is 29.3 Å². The summed E-state index contributed by atoms with van der Waals surface area (Å²) in [5.74, 6) is -0.756. The molecule has 0 aromatic heterocycles. The average molecular weight is 316 g/mol. The molecular formula is C14H15Cl2NO3. The van der Waals surface area contributed by atoms with Crippen molar-refractivity contribution >= 4 is 35.1 Å². The van der Waals surface area contributed by atoms with E-state index in [1.165, 1.54) is 0 Å². The first kappa shape index (κ1) is 15.1. The molecule has 0 aliphatic carbocycles. The Balaban J connectivity index is 2.01. The van der Waals surface area contributed by atoms with Crippen LogP contribution in [0.3, 0.4) is 0 Å². The number of amides is 1. The van der Waals surface area contributed by atoms with Gasteiger partial charge in [0.2, 0.25) is 5.91 Å². The van der Waals surface area contributed by atoms with E-state index >= 15 is 0 Å². The van der Waals surface area contributed by atoms with Crippen molar-refractivity contribution in [2.45, 2.75) is 25.8 Å². The molecule has 0 saturated carbocycles. The molecule has 2 unspecified atom stereocenters. The highest BCUT2D eigenvalue weighted by Crippen LogP contribution is 2.26. The first-order valence-electron chi connectivity index (χ1n) is 6.42. The number of esters is 1. The van der Waals surface area contributed by atoms with E-state index in [2.05, 4.69) is 5.32 Å². The number of ether oxygens (including phenoxy) is 1. The Kier molecular flexibility index (Phi) is 4.89. The lowest BCUT2D eigenvalue weighted by molar-refractivity contribution is -0.145. The van der Waals surface area contributed by atoms with Crippen molar-refractivity contribution in [2.24, 2.45) is 5.92 Å². The molecule has 20 heavy (non-hydrogen) atoms. The summed E-state index contributed by atoms with van der Waals surface area (Å²) < 4.78 is 4.92. The molecule has 0 radical (unpaired) electrons. The number of benzene rings is 1. The quantitative estimate of drug-likeness (QED) is 0.869. The van der Waals surface area contributed by atoms with Crippen molar-refractivity contribution in [1.82, 2.24) is 5.32 Å². The van der Waals surface area contributed by atoms with Gasteiger partial charge in [-0.3, -0.25) is 4.79 Å². The third kappa shape index (κ3) is 3.44. The molecule has 6 heteroatoms. The fourth-order valence-corrected chi connectivity index (χ4v) is 2.59. The number of carbonyl (C=O) groups is 2. The van der Waals surface area contributed by atoms with Crippen LogP contribution in [-0.4, -0.2) is 24.5 Å². The summed E-state index contributed by atoms with van der Waals surface area (Å²) in [5.41, 5.74) is 0.920. The van der Waals surface area contributed by atoms with Gasteiger partial charge in [0.1, 0.15) is 6.04 Å². The van der Waals surface area contributed by atoms with Gasteiger partial charge < -0.3 is 10.1 Å². The normalized spacial score (nSPS) is 21.6. The topological polar surface area (TPSA) is 55.4 Å². The van der Waals surface area contributed by atoms with Crippen molar-refractivity contribution < 1.29 is 14.3 Å². The van der Waals surface area contributed by atoms with Gasteiger partial charge >= 0.3 is 5.97 Å². The van der Waals surface area contributed by atoms with Crippen LogP contribution in [0, 0.1) is 5.92 Å². The fourth-order valence-electron chi connectivity index (χ4n) is 2.27. The van der Waals surface area contributed by atoms with Crippen molar-refractivity contribution in [1.29, 1.82) is 0 Å². The Hall–Kier alpha value is -1.26. The molecule has 1 aliphatic heterocycles. The van der Waals surface area contributed by atoms with Gasteiger partial charge in [-0.15, -0.1) is 0 Å². The van der Waals surface area contributed by atoms with E-state index in [0.29, 0.717) is 29.5 Å². The Labute approximate surface area is 127 Å². The molecule has 1 aromatic rings. The highest BCUT2D eigenvalue weighted by atomic mass is 35.5. The first-order valence-corrected chi connectivity index (χ1v) is 7.17. The van der Waals surface area contributed by atoms with Crippen LogP contribution >= 0.6 is 23.2 Å². The lowest BCUT2D eigenvalue weighted by Crippen LogP contribution is -2.34. The minimum Gasteiger partial charge on any atom is -0.464 e. The zero-order valence-electron chi connectivity index (χ0n) is 11.0. The number of rotatable bonds is 4. The fraction of sp³-hybridized carbons (Fsp3) is 0.429. The third-order valence-electron chi connectivity index (χ3n) is 3.24. The van der Waals surface area contributed by atoms with E-state index in [1.54, 1.807) is 19.1 Å². The molecule has 1 saturated heterocycles. The monoisotopic (exact) mass is 315 g/mol. The van der Waals surface area contributed by atoms with E-state index in [1.807, 2.05) is 6.07 Å². The van der Waals surface area contributed by atoms with E-state index in [4.69, 9.17) is 27.9 Å². The minimum absolute atomic E-state index is 0.130. The van der Waals surface area contributed by atoms with Gasteiger partial charge in [0, 0.05) is 5.92 Å². The van der Waals surface area contributed by atoms with Gasteiger partial charge in [0.15, 0.2) is 0 Å². The smallest absolute Gasteiger partial charge is 0.328 e. The third-order valence-corrected chi connectivity index (χ3v) is 3.98. The van der Waals surface area contributed by atoms with Crippen LogP contribution < -0.4 is 5.32 Å². The van der Waals surface area contributed by atoms with Crippen LogP contribution in [0.5, 0.6) is 0 Å². The first-order chi connectivity index (χ1) is 9.51. The van der Waals surface area contributed by atoms with E-state index in [-0.39, 0.29) is 17.8 Å². The summed E-state index contributed by atoms with van der Waals surface area (Å²) in [4.78, 5) is 23.5. The van der Waals surface area contributed by atoms with Crippen LogP contribution in [0.25, 0.3) is 0 Å². The van der Waals surface area contributed by atoms with Crippen LogP contribution in [0.4, 0.5) is 0 Å². The van der Waals surface area contributed by atoms with Gasteiger partial charge in [-0.25, -0.2) is 4.79 Å². The summed E-state index contributed by atoms with van der Waals surface area (Å²) >= 11 is 11.8. The summed E-state index contributed by atoms with van der Waals surface area (Å²) in [6.45, 7) is 2.05. The van der Waals surface area contributed by atoms with Crippen molar-refractivity contribution in [3.8, 4) is 0 Å². The minimum atomic E-state index is -0.546. The molecule has 1 heterocycles. The maximum atomic E-state index is 11.9. The molecule has 1 aromatic carbocycles. The molecule has 1 fully saturated rings. The zero-order valence-corrected chi connectivity index (χ0v) is 12.5. The van der Waals surface area contributed by atoms with E-state index in [0.717, 1.165) is 5.56 Å². The second kappa shape index (κ2) is 6.46. The number of halogens is 2. The van der Waals surface area contributed by atoms with E-state index in [9.17, 15) is 9.59 Å². The molecule has 2 atom stereocenters. The van der Waals surface area contributed by atoms with Gasteiger partial charge in [-0.05, 0) is 37.5 Å². The Bertz CT molecular complexity index is 533. The molecule has 4 nitrogen and oxygen atoms in total. The Morgan fingerprint density at radius 1 is 1.40 bits per heavy atom. The lowest BCUT2D eigenvalue weighted by Gasteiger charge is -2.09. The molecular weight excluding hydrogens is 301 g/mol. The summed E-state index contributed by atoms with van der Waals surface area (Å²) in [7, 11) is 0. The summed E-state index contributed by atoms with van der Waals surface area (Å²) in [5, 5.41) is 3.61. The van der Waals surface area contributed by atoms with Crippen LogP contribution in [0.15, 0.2) is 18.2 Å². The van der Waals surface area contributed by atoms with Crippen molar-refractivity contribution in [3.63, 3.8) is 0 Å². The van der Waals surface area contributed by atoms with E-state index < -0.39 is 6.04 Å². The zero-order chi connectivity index (χ0) is 14.7. The number of nitrogens with one attached hydrogen (secondary N) is 1. The number of hydrogen-bond acceptors (Lipinski definition) is 3. The van der Waals surface area contributed by atoms with Crippen LogP contribution in [0.1, 0.15) is 18.9 Å². The van der Waals surface area contributed by atoms with Gasteiger partial charge in [-0.2, -0.15) is 0 Å². The molecule has 2 rings (SSSR count). The second-order valence-electron chi connectivity index (χ2n) is 4.70. The highest BCUT2D eigenvalue weighted by molar-refractivity contribution is 6.42. The second-order valence-corrected chi connectivity index (χ2v) is 5.51. The average Bonchev–Trinajstić information content (AvgIpc) is 2.76. The maximum Gasteiger partial charge on any atom is 0.328 e. The number of hydrogen-bond donors (Lipinski definition) is 1. The Morgan fingerprint density at radius 2 is 2.15 bits per heavy atom. The largest absolute Gasteiger partial charge is 0.464 e. The molecule has 1 amide bonds. The Morgan fingerprint density at radius 3 is 2.80 bits per heavy atom. The molecule has 108 valence electrons. The van der Waals surface area contributed by atoms with Gasteiger partial charge in [0.05, 0.1) is 16.7 Å². The molecule has 1 aliphatic rings. The predicted octanol–water partition coefficient (Wildman–Crippen LogP) is 2.60. The summed E-state index contributed by atoms with van der Waals surface area (Å²) in [6, 6.07) is 4.73. The van der Waals surface area contributed by atoms with Gasteiger partial charge in [0.25, 0.3) is 0 Å². The molecule has 0 bridgehead atoms. The summed E-state index contributed by atoms with van der Waals surface area (Å²) in [6.07, 6.45) is 0.969. The molecule has 1 N–H and O–H groups in total. The van der Waals surface area contributed by atoms with Crippen LogP contribution in [0.2, 0.25) is 10.0 Å². The molecule has 0 spiro atoms. The predicted molar refractivity (Wildman–Crippen MR) is 76.8 cm³/mol. The maximum absolute atomic E-state index is 11.9. The standard InChI is InChI=1S/C14H15Cl2NO3/c1-2-20-14(19)12-7-9(13(18)17-12)5-8-3-4-10(15)11(16)6-8/h3-4,6,9,12H,2,5,7H2,1H3,(H,17,18). The highest BCUT2D eigenvalue weighted by Gasteiger charge is 2.36. The van der Waals surface area contributed by atoms with Crippen molar-refractivity contribution in [2.75, 3.05) is 6.61 Å².